The highest BCUT2D eigenvalue weighted by Crippen LogP contribution is 2.58. The molecule has 2 nitrogen and oxygen atoms in total. The first-order chi connectivity index (χ1) is 6.14. The highest BCUT2D eigenvalue weighted by atomic mass is 16.5. The van der Waals surface area contributed by atoms with Gasteiger partial charge in [-0.15, -0.1) is 0 Å². The Kier molecular flexibility index (Phi) is 1.45. The number of ether oxygens (including phenoxy) is 2. The minimum Gasteiger partial charge on any atom is -0.380 e. The van der Waals surface area contributed by atoms with Gasteiger partial charge >= 0.3 is 0 Å². The fourth-order valence-electron chi connectivity index (χ4n) is 3.68. The molecule has 0 aromatic heterocycles. The van der Waals surface area contributed by atoms with Crippen molar-refractivity contribution in [1.82, 2.24) is 0 Å². The van der Waals surface area contributed by atoms with E-state index in [1.807, 2.05) is 0 Å². The second kappa shape index (κ2) is 2.29. The first-order valence-corrected chi connectivity index (χ1v) is 5.38. The van der Waals surface area contributed by atoms with Crippen LogP contribution in [0.15, 0.2) is 0 Å². The van der Waals surface area contributed by atoms with Gasteiger partial charge in [0.1, 0.15) is 0 Å². The molecule has 3 fully saturated rings. The molecule has 3 aliphatic rings. The molecule has 0 aliphatic carbocycles. The molecule has 0 spiro atoms. The standard InChI is InChI=1S/C11H18O2/c1-6-7(2)10-11(3)5-12-4-8(11)9(6)13-10/h6-10H,4-5H2,1-3H3. The van der Waals surface area contributed by atoms with Crippen LogP contribution in [0.2, 0.25) is 0 Å². The highest BCUT2D eigenvalue weighted by Gasteiger charge is 2.64. The van der Waals surface area contributed by atoms with E-state index in [1.165, 1.54) is 0 Å². The predicted octanol–water partition coefficient (Wildman–Crippen LogP) is 1.69. The zero-order valence-corrected chi connectivity index (χ0v) is 8.62. The van der Waals surface area contributed by atoms with Crippen molar-refractivity contribution >= 4 is 0 Å². The zero-order chi connectivity index (χ0) is 9.22. The summed E-state index contributed by atoms with van der Waals surface area (Å²) in [5.74, 6) is 2.11. The Labute approximate surface area is 79.6 Å². The Hall–Kier alpha value is -0.0800. The van der Waals surface area contributed by atoms with Gasteiger partial charge in [-0.05, 0) is 11.8 Å². The Bertz CT molecular complexity index is 240. The van der Waals surface area contributed by atoms with Crippen molar-refractivity contribution in [2.45, 2.75) is 33.0 Å². The van der Waals surface area contributed by atoms with Gasteiger partial charge in [-0.25, -0.2) is 0 Å². The SMILES string of the molecule is CC1C(C)C2OC1C1COCC12C. The second-order valence-electron chi connectivity index (χ2n) is 5.37. The highest BCUT2D eigenvalue weighted by molar-refractivity contribution is 5.11. The summed E-state index contributed by atoms with van der Waals surface area (Å²) in [5, 5.41) is 0. The fourth-order valence-corrected chi connectivity index (χ4v) is 3.68. The van der Waals surface area contributed by atoms with Gasteiger partial charge in [-0.1, -0.05) is 20.8 Å². The smallest absolute Gasteiger partial charge is 0.0688 e. The van der Waals surface area contributed by atoms with Crippen LogP contribution in [0.3, 0.4) is 0 Å². The topological polar surface area (TPSA) is 18.5 Å². The molecule has 3 saturated heterocycles. The maximum Gasteiger partial charge on any atom is 0.0688 e. The summed E-state index contributed by atoms with van der Waals surface area (Å²) in [4.78, 5) is 0. The third-order valence-electron chi connectivity index (χ3n) is 4.73. The Balaban J connectivity index is 1.99. The lowest BCUT2D eigenvalue weighted by Crippen LogP contribution is -2.44. The van der Waals surface area contributed by atoms with Gasteiger partial charge in [-0.3, -0.25) is 0 Å². The van der Waals surface area contributed by atoms with E-state index in [0.29, 0.717) is 29.5 Å². The number of hydrogen-bond donors (Lipinski definition) is 0. The molecule has 0 radical (unpaired) electrons. The van der Waals surface area contributed by atoms with Crippen LogP contribution >= 0.6 is 0 Å². The van der Waals surface area contributed by atoms with Crippen LogP contribution in [0.5, 0.6) is 0 Å². The molecule has 0 N–H and O–H groups in total. The molecule has 74 valence electrons. The molecule has 0 aromatic rings. The largest absolute Gasteiger partial charge is 0.380 e. The minimum absolute atomic E-state index is 0.330. The molecule has 2 bridgehead atoms. The van der Waals surface area contributed by atoms with Gasteiger partial charge in [-0.2, -0.15) is 0 Å². The molecular formula is C11H18O2. The van der Waals surface area contributed by atoms with Crippen LogP contribution in [0.1, 0.15) is 20.8 Å². The first kappa shape index (κ1) is 8.25. The van der Waals surface area contributed by atoms with Gasteiger partial charge < -0.3 is 9.47 Å². The van der Waals surface area contributed by atoms with Crippen molar-refractivity contribution in [3.63, 3.8) is 0 Å². The maximum absolute atomic E-state index is 6.09. The average molecular weight is 182 g/mol. The van der Waals surface area contributed by atoms with E-state index in [4.69, 9.17) is 9.47 Å². The van der Waals surface area contributed by atoms with Gasteiger partial charge in [0.25, 0.3) is 0 Å². The van der Waals surface area contributed by atoms with Crippen molar-refractivity contribution in [2.24, 2.45) is 23.2 Å². The van der Waals surface area contributed by atoms with Crippen molar-refractivity contribution < 1.29 is 9.47 Å². The van der Waals surface area contributed by atoms with Crippen molar-refractivity contribution in [3.8, 4) is 0 Å². The summed E-state index contributed by atoms with van der Waals surface area (Å²) in [5.41, 5.74) is 0.330. The minimum atomic E-state index is 0.330. The summed E-state index contributed by atoms with van der Waals surface area (Å²) in [7, 11) is 0. The van der Waals surface area contributed by atoms with Crippen LogP contribution in [0.25, 0.3) is 0 Å². The van der Waals surface area contributed by atoms with E-state index in [-0.39, 0.29) is 0 Å². The third-order valence-corrected chi connectivity index (χ3v) is 4.73. The van der Waals surface area contributed by atoms with E-state index in [1.54, 1.807) is 0 Å². The molecule has 0 aromatic carbocycles. The van der Waals surface area contributed by atoms with Crippen LogP contribution < -0.4 is 0 Å². The normalized spacial score (nSPS) is 64.4. The van der Waals surface area contributed by atoms with Gasteiger partial charge in [0.2, 0.25) is 0 Å². The van der Waals surface area contributed by atoms with E-state index in [0.717, 1.165) is 19.1 Å². The molecule has 3 heterocycles. The molecule has 6 atom stereocenters. The first-order valence-electron chi connectivity index (χ1n) is 5.38. The molecule has 0 amide bonds. The quantitative estimate of drug-likeness (QED) is 0.567. The number of fused-ring (bicyclic) bond motifs is 5. The van der Waals surface area contributed by atoms with Gasteiger partial charge in [0, 0.05) is 11.3 Å². The van der Waals surface area contributed by atoms with Crippen LogP contribution in [0, 0.1) is 23.2 Å². The van der Waals surface area contributed by atoms with E-state index < -0.39 is 0 Å². The molecule has 3 rings (SSSR count). The lowest BCUT2D eigenvalue weighted by Gasteiger charge is -2.37. The molecule has 0 saturated carbocycles. The Morgan fingerprint density at radius 3 is 2.77 bits per heavy atom. The second-order valence-corrected chi connectivity index (χ2v) is 5.37. The third kappa shape index (κ3) is 0.774. The number of rotatable bonds is 0. The van der Waals surface area contributed by atoms with Crippen molar-refractivity contribution in [2.75, 3.05) is 13.2 Å². The summed E-state index contributed by atoms with van der Waals surface area (Å²) >= 11 is 0. The summed E-state index contributed by atoms with van der Waals surface area (Å²) in [6, 6.07) is 0. The monoisotopic (exact) mass is 182 g/mol. The lowest BCUT2D eigenvalue weighted by atomic mass is 9.63. The summed E-state index contributed by atoms with van der Waals surface area (Å²) in [6.07, 6.45) is 0.938. The van der Waals surface area contributed by atoms with Crippen molar-refractivity contribution in [1.29, 1.82) is 0 Å². The molecule has 6 unspecified atom stereocenters. The Morgan fingerprint density at radius 1 is 1.23 bits per heavy atom. The molecule has 13 heavy (non-hydrogen) atoms. The van der Waals surface area contributed by atoms with E-state index >= 15 is 0 Å². The maximum atomic E-state index is 6.09. The molecule has 3 aliphatic heterocycles. The average Bonchev–Trinajstić information content (AvgIpc) is 2.64. The van der Waals surface area contributed by atoms with Crippen LogP contribution in [0.4, 0.5) is 0 Å². The van der Waals surface area contributed by atoms with Gasteiger partial charge in [0.05, 0.1) is 25.4 Å². The summed E-state index contributed by atoms with van der Waals surface area (Å²) < 4.78 is 11.7. The molecular weight excluding hydrogens is 164 g/mol. The Morgan fingerprint density at radius 2 is 2.00 bits per heavy atom. The number of hydrogen-bond acceptors (Lipinski definition) is 2. The van der Waals surface area contributed by atoms with E-state index in [2.05, 4.69) is 20.8 Å². The predicted molar refractivity (Wildman–Crippen MR) is 49.4 cm³/mol. The fraction of sp³-hybridized carbons (Fsp3) is 1.00. The lowest BCUT2D eigenvalue weighted by molar-refractivity contribution is 0.0146. The van der Waals surface area contributed by atoms with Crippen LogP contribution in [-0.4, -0.2) is 25.4 Å². The zero-order valence-electron chi connectivity index (χ0n) is 8.62. The van der Waals surface area contributed by atoms with Crippen molar-refractivity contribution in [3.05, 3.63) is 0 Å². The van der Waals surface area contributed by atoms with Gasteiger partial charge in [0.15, 0.2) is 0 Å². The molecule has 2 heteroatoms. The summed E-state index contributed by atoms with van der Waals surface area (Å²) in [6.45, 7) is 8.84. The van der Waals surface area contributed by atoms with Crippen LogP contribution in [-0.2, 0) is 9.47 Å². The van der Waals surface area contributed by atoms with E-state index in [9.17, 15) is 0 Å².